The van der Waals surface area contributed by atoms with Gasteiger partial charge in [0.15, 0.2) is 0 Å². The number of hydrogen-bond acceptors (Lipinski definition) is 3. The van der Waals surface area contributed by atoms with Gasteiger partial charge in [-0.2, -0.15) is 11.8 Å². The summed E-state index contributed by atoms with van der Waals surface area (Å²) in [5.41, 5.74) is 0. The molecule has 84 valence electrons. The summed E-state index contributed by atoms with van der Waals surface area (Å²) in [6.45, 7) is 0.774. The Morgan fingerprint density at radius 2 is 2.40 bits per heavy atom. The van der Waals surface area contributed by atoms with Crippen LogP contribution in [0.2, 0.25) is 0 Å². The molecule has 0 aliphatic heterocycles. The van der Waals surface area contributed by atoms with Crippen molar-refractivity contribution in [2.24, 2.45) is 0 Å². The molecule has 1 rings (SSSR count). The standard InChI is InChI=1S/C11H18N2OS/c1-3-6-12-8-11(14)13-9-4-5-10(7-9)15-2/h1,9-10,12H,4-8H2,2H3,(H,13,14). The van der Waals surface area contributed by atoms with E-state index in [4.69, 9.17) is 6.42 Å². The molecule has 0 bridgehead atoms. The molecule has 3 nitrogen and oxygen atoms in total. The first-order valence-electron chi connectivity index (χ1n) is 5.22. The molecular formula is C11H18N2OS. The number of thioether (sulfide) groups is 1. The number of hydrogen-bond donors (Lipinski definition) is 2. The third-order valence-corrected chi connectivity index (χ3v) is 3.69. The molecule has 0 aromatic heterocycles. The fraction of sp³-hybridized carbons (Fsp3) is 0.727. The molecule has 1 aliphatic carbocycles. The van der Waals surface area contributed by atoms with Gasteiger partial charge in [-0.15, -0.1) is 6.42 Å². The van der Waals surface area contributed by atoms with Crippen LogP contribution in [0.3, 0.4) is 0 Å². The Kier molecular flexibility index (Phi) is 5.59. The van der Waals surface area contributed by atoms with E-state index < -0.39 is 0 Å². The molecule has 1 amide bonds. The third-order valence-electron chi connectivity index (χ3n) is 2.60. The van der Waals surface area contributed by atoms with Crippen LogP contribution in [-0.2, 0) is 4.79 Å². The minimum Gasteiger partial charge on any atom is -0.352 e. The Labute approximate surface area is 95.8 Å². The summed E-state index contributed by atoms with van der Waals surface area (Å²) in [6, 6.07) is 0.364. The van der Waals surface area contributed by atoms with Crippen molar-refractivity contribution in [3.8, 4) is 12.3 Å². The summed E-state index contributed by atoms with van der Waals surface area (Å²) in [6.07, 6.45) is 10.6. The average molecular weight is 226 g/mol. The molecule has 1 aliphatic rings. The fourth-order valence-corrected chi connectivity index (χ4v) is 2.61. The molecule has 0 aromatic rings. The maximum absolute atomic E-state index is 11.4. The first-order chi connectivity index (χ1) is 7.26. The smallest absolute Gasteiger partial charge is 0.234 e. The Hall–Kier alpha value is -0.660. The summed E-state index contributed by atoms with van der Waals surface area (Å²) < 4.78 is 0. The van der Waals surface area contributed by atoms with Crippen LogP contribution in [0.15, 0.2) is 0 Å². The van der Waals surface area contributed by atoms with Crippen LogP contribution in [0.4, 0.5) is 0 Å². The van der Waals surface area contributed by atoms with Gasteiger partial charge in [-0.25, -0.2) is 0 Å². The molecule has 1 fully saturated rings. The quantitative estimate of drug-likeness (QED) is 0.533. The molecule has 0 spiro atoms. The van der Waals surface area contributed by atoms with E-state index in [1.165, 1.54) is 6.42 Å². The van der Waals surface area contributed by atoms with E-state index in [9.17, 15) is 4.79 Å². The summed E-state index contributed by atoms with van der Waals surface area (Å²) in [4.78, 5) is 11.4. The lowest BCUT2D eigenvalue weighted by molar-refractivity contribution is -0.120. The molecular weight excluding hydrogens is 208 g/mol. The second kappa shape index (κ2) is 6.76. The zero-order valence-electron chi connectivity index (χ0n) is 9.08. The molecule has 2 N–H and O–H groups in total. The van der Waals surface area contributed by atoms with Gasteiger partial charge in [0, 0.05) is 11.3 Å². The predicted molar refractivity (Wildman–Crippen MR) is 64.8 cm³/mol. The summed E-state index contributed by atoms with van der Waals surface area (Å²) in [5, 5.41) is 6.62. The van der Waals surface area contributed by atoms with E-state index in [-0.39, 0.29) is 5.91 Å². The molecule has 0 heterocycles. The van der Waals surface area contributed by atoms with Gasteiger partial charge in [0.2, 0.25) is 5.91 Å². The van der Waals surface area contributed by atoms with Crippen molar-refractivity contribution in [3.63, 3.8) is 0 Å². The van der Waals surface area contributed by atoms with Gasteiger partial charge in [-0.3, -0.25) is 10.1 Å². The number of nitrogens with one attached hydrogen (secondary N) is 2. The van der Waals surface area contributed by atoms with E-state index in [0.29, 0.717) is 24.4 Å². The monoisotopic (exact) mass is 226 g/mol. The minimum absolute atomic E-state index is 0.0528. The highest BCUT2D eigenvalue weighted by Crippen LogP contribution is 2.27. The zero-order chi connectivity index (χ0) is 11.1. The van der Waals surface area contributed by atoms with Crippen LogP contribution in [0.25, 0.3) is 0 Å². The fourth-order valence-electron chi connectivity index (χ4n) is 1.81. The van der Waals surface area contributed by atoms with Crippen LogP contribution in [0, 0.1) is 12.3 Å². The molecule has 0 radical (unpaired) electrons. The van der Waals surface area contributed by atoms with Gasteiger partial charge in [-0.1, -0.05) is 5.92 Å². The molecule has 15 heavy (non-hydrogen) atoms. The summed E-state index contributed by atoms with van der Waals surface area (Å²) in [5.74, 6) is 2.49. The van der Waals surface area contributed by atoms with Gasteiger partial charge in [0.1, 0.15) is 0 Å². The number of amides is 1. The number of rotatable bonds is 5. The highest BCUT2D eigenvalue weighted by atomic mass is 32.2. The summed E-state index contributed by atoms with van der Waals surface area (Å²) >= 11 is 1.89. The largest absolute Gasteiger partial charge is 0.352 e. The van der Waals surface area contributed by atoms with E-state index in [1.54, 1.807) is 0 Å². The van der Waals surface area contributed by atoms with Gasteiger partial charge < -0.3 is 5.32 Å². The average Bonchev–Trinajstić information content (AvgIpc) is 2.66. The van der Waals surface area contributed by atoms with Gasteiger partial charge >= 0.3 is 0 Å². The highest BCUT2D eigenvalue weighted by Gasteiger charge is 2.24. The first-order valence-corrected chi connectivity index (χ1v) is 6.51. The SMILES string of the molecule is C#CCNCC(=O)NC1CCC(SC)C1. The van der Waals surface area contributed by atoms with Crippen molar-refractivity contribution in [3.05, 3.63) is 0 Å². The second-order valence-corrected chi connectivity index (χ2v) is 4.88. The van der Waals surface area contributed by atoms with Gasteiger partial charge in [-0.05, 0) is 25.5 Å². The van der Waals surface area contributed by atoms with Crippen molar-refractivity contribution < 1.29 is 4.79 Å². The number of carbonyl (C=O) groups excluding carboxylic acids is 1. The van der Waals surface area contributed by atoms with Gasteiger partial charge in [0.25, 0.3) is 0 Å². The Balaban J connectivity index is 2.13. The molecule has 0 aromatic carbocycles. The normalized spacial score (nSPS) is 24.8. The minimum atomic E-state index is 0.0528. The Morgan fingerprint density at radius 1 is 1.60 bits per heavy atom. The topological polar surface area (TPSA) is 41.1 Å². The van der Waals surface area contributed by atoms with E-state index >= 15 is 0 Å². The maximum atomic E-state index is 11.4. The van der Waals surface area contributed by atoms with Crippen molar-refractivity contribution in [2.45, 2.75) is 30.6 Å². The van der Waals surface area contributed by atoms with Crippen LogP contribution in [-0.4, -0.2) is 36.5 Å². The Bertz CT molecular complexity index is 249. The lowest BCUT2D eigenvalue weighted by Crippen LogP contribution is -2.39. The van der Waals surface area contributed by atoms with Crippen molar-refractivity contribution >= 4 is 17.7 Å². The van der Waals surface area contributed by atoms with Crippen LogP contribution >= 0.6 is 11.8 Å². The van der Waals surface area contributed by atoms with E-state index in [0.717, 1.165) is 12.8 Å². The number of carbonyl (C=O) groups is 1. The van der Waals surface area contributed by atoms with Crippen LogP contribution in [0.5, 0.6) is 0 Å². The zero-order valence-corrected chi connectivity index (χ0v) is 9.90. The molecule has 1 saturated carbocycles. The first kappa shape index (κ1) is 12.4. The van der Waals surface area contributed by atoms with Crippen molar-refractivity contribution in [2.75, 3.05) is 19.3 Å². The maximum Gasteiger partial charge on any atom is 0.234 e. The lowest BCUT2D eigenvalue weighted by atomic mass is 10.2. The highest BCUT2D eigenvalue weighted by molar-refractivity contribution is 7.99. The molecule has 4 heteroatoms. The second-order valence-electron chi connectivity index (χ2n) is 3.74. The Morgan fingerprint density at radius 3 is 3.00 bits per heavy atom. The third kappa shape index (κ3) is 4.59. The van der Waals surface area contributed by atoms with Crippen LogP contribution in [0.1, 0.15) is 19.3 Å². The van der Waals surface area contributed by atoms with Gasteiger partial charge in [0.05, 0.1) is 13.1 Å². The molecule has 2 atom stereocenters. The van der Waals surface area contributed by atoms with E-state index in [1.807, 2.05) is 11.8 Å². The van der Waals surface area contributed by atoms with Crippen LogP contribution < -0.4 is 10.6 Å². The van der Waals surface area contributed by atoms with E-state index in [2.05, 4.69) is 22.8 Å². The van der Waals surface area contributed by atoms with Crippen molar-refractivity contribution in [1.82, 2.24) is 10.6 Å². The predicted octanol–water partition coefficient (Wildman–Crippen LogP) is 0.609. The van der Waals surface area contributed by atoms with Crippen molar-refractivity contribution in [1.29, 1.82) is 0 Å². The summed E-state index contributed by atoms with van der Waals surface area (Å²) in [7, 11) is 0. The molecule has 2 unspecified atom stereocenters. The lowest BCUT2D eigenvalue weighted by Gasteiger charge is -2.12. The number of terminal acetylenes is 1. The molecule has 0 saturated heterocycles.